The molecular formula is C23H32N2O2. The number of nitrogens with one attached hydrogen (secondary N) is 1. The number of hydrogen-bond acceptors (Lipinski definition) is 2. The van der Waals surface area contributed by atoms with Crippen molar-refractivity contribution in [1.29, 1.82) is 0 Å². The average molecular weight is 369 g/mol. The number of amides is 2. The Labute approximate surface area is 162 Å². The minimum absolute atomic E-state index is 0.105. The van der Waals surface area contributed by atoms with Crippen LogP contribution in [0.1, 0.15) is 87.1 Å². The topological polar surface area (TPSA) is 49.4 Å². The Morgan fingerprint density at radius 2 is 1.81 bits per heavy atom. The number of fused-ring (bicyclic) bond motifs is 1. The molecular weight excluding hydrogens is 336 g/mol. The molecule has 2 aliphatic carbocycles. The van der Waals surface area contributed by atoms with Gasteiger partial charge in [0, 0.05) is 18.2 Å². The van der Waals surface area contributed by atoms with Gasteiger partial charge < -0.3 is 10.2 Å². The number of carbonyl (C=O) groups is 2. The van der Waals surface area contributed by atoms with E-state index in [4.69, 9.17) is 0 Å². The molecule has 0 aromatic heterocycles. The molecule has 0 unspecified atom stereocenters. The van der Waals surface area contributed by atoms with E-state index in [2.05, 4.69) is 24.1 Å². The Morgan fingerprint density at radius 1 is 1.15 bits per heavy atom. The molecule has 4 heteroatoms. The molecule has 3 aliphatic rings. The molecule has 1 aromatic carbocycles. The third-order valence-electron chi connectivity index (χ3n) is 6.84. The van der Waals surface area contributed by atoms with Gasteiger partial charge in [-0.05, 0) is 43.2 Å². The number of rotatable bonds is 4. The highest BCUT2D eigenvalue weighted by Crippen LogP contribution is 2.52. The minimum Gasteiger partial charge on any atom is -0.355 e. The SMILES string of the molecule is CC(C)CNC(=O)[C@@H]1c2ccccc2C(=O)N(C2CCCC2)C12CCCC2. The molecule has 27 heavy (non-hydrogen) atoms. The molecule has 1 N–H and O–H groups in total. The van der Waals surface area contributed by atoms with Crippen LogP contribution in [0.15, 0.2) is 24.3 Å². The van der Waals surface area contributed by atoms with E-state index < -0.39 is 0 Å². The second-order valence-electron chi connectivity index (χ2n) is 9.08. The minimum atomic E-state index is -0.332. The van der Waals surface area contributed by atoms with Gasteiger partial charge in [0.05, 0.1) is 11.5 Å². The van der Waals surface area contributed by atoms with Gasteiger partial charge in [0.25, 0.3) is 5.91 Å². The highest BCUT2D eigenvalue weighted by atomic mass is 16.2. The molecule has 1 aliphatic heterocycles. The maximum absolute atomic E-state index is 13.6. The van der Waals surface area contributed by atoms with Gasteiger partial charge in [-0.2, -0.15) is 0 Å². The molecule has 4 rings (SSSR count). The molecule has 2 fully saturated rings. The van der Waals surface area contributed by atoms with Crippen molar-refractivity contribution in [1.82, 2.24) is 10.2 Å². The summed E-state index contributed by atoms with van der Waals surface area (Å²) in [5, 5.41) is 3.19. The summed E-state index contributed by atoms with van der Waals surface area (Å²) in [6, 6.07) is 8.13. The van der Waals surface area contributed by atoms with Crippen LogP contribution in [0.4, 0.5) is 0 Å². The molecule has 2 saturated carbocycles. The van der Waals surface area contributed by atoms with Gasteiger partial charge in [-0.3, -0.25) is 9.59 Å². The number of hydrogen-bond donors (Lipinski definition) is 1. The summed E-state index contributed by atoms with van der Waals surface area (Å²) in [5.74, 6) is 0.439. The van der Waals surface area contributed by atoms with Gasteiger partial charge in [0.2, 0.25) is 5.91 Å². The highest BCUT2D eigenvalue weighted by molar-refractivity contribution is 6.02. The zero-order valence-corrected chi connectivity index (χ0v) is 16.7. The fourth-order valence-electron chi connectivity index (χ4n) is 5.70. The molecule has 0 bridgehead atoms. The molecule has 146 valence electrons. The summed E-state index contributed by atoms with van der Waals surface area (Å²) in [7, 11) is 0. The third-order valence-corrected chi connectivity index (χ3v) is 6.84. The molecule has 2 amide bonds. The van der Waals surface area contributed by atoms with Crippen molar-refractivity contribution >= 4 is 11.8 Å². The predicted molar refractivity (Wildman–Crippen MR) is 107 cm³/mol. The molecule has 4 nitrogen and oxygen atoms in total. The van der Waals surface area contributed by atoms with Crippen molar-refractivity contribution < 1.29 is 9.59 Å². The van der Waals surface area contributed by atoms with E-state index in [9.17, 15) is 9.59 Å². The van der Waals surface area contributed by atoms with Crippen LogP contribution in [-0.2, 0) is 4.79 Å². The first-order valence-electron chi connectivity index (χ1n) is 10.7. The quantitative estimate of drug-likeness (QED) is 0.863. The molecule has 1 atom stereocenters. The summed E-state index contributed by atoms with van der Waals surface area (Å²) >= 11 is 0. The standard InChI is InChI=1S/C23H32N2O2/c1-16(2)15-24-21(26)20-18-11-5-6-12-19(18)22(27)25(17-9-3-4-10-17)23(20)13-7-8-14-23/h5-6,11-12,16-17,20H,3-4,7-10,13-15H2,1-2H3,(H,24,26)/t20-/m0/s1. The highest BCUT2D eigenvalue weighted by Gasteiger charge is 2.57. The van der Waals surface area contributed by atoms with Crippen molar-refractivity contribution in [2.75, 3.05) is 6.54 Å². The van der Waals surface area contributed by atoms with E-state index in [1.807, 2.05) is 24.3 Å². The van der Waals surface area contributed by atoms with E-state index in [1.165, 1.54) is 12.8 Å². The average Bonchev–Trinajstić information content (AvgIpc) is 3.33. The first-order chi connectivity index (χ1) is 13.0. The number of carbonyl (C=O) groups excluding carboxylic acids is 2. The summed E-state index contributed by atoms with van der Waals surface area (Å²) in [4.78, 5) is 29.2. The lowest BCUT2D eigenvalue weighted by molar-refractivity contribution is -0.127. The second kappa shape index (κ2) is 7.29. The summed E-state index contributed by atoms with van der Waals surface area (Å²) in [6.45, 7) is 4.93. The van der Waals surface area contributed by atoms with Crippen LogP contribution in [0.2, 0.25) is 0 Å². The third kappa shape index (κ3) is 3.07. The van der Waals surface area contributed by atoms with E-state index in [0.29, 0.717) is 18.5 Å². The number of benzene rings is 1. The van der Waals surface area contributed by atoms with Crippen molar-refractivity contribution in [3.63, 3.8) is 0 Å². The van der Waals surface area contributed by atoms with Crippen LogP contribution < -0.4 is 5.32 Å². The normalized spacial score (nSPS) is 24.6. The second-order valence-corrected chi connectivity index (χ2v) is 9.08. The lowest BCUT2D eigenvalue weighted by Crippen LogP contribution is -2.63. The van der Waals surface area contributed by atoms with E-state index >= 15 is 0 Å². The van der Waals surface area contributed by atoms with Gasteiger partial charge in [-0.1, -0.05) is 57.7 Å². The van der Waals surface area contributed by atoms with Gasteiger partial charge in [-0.25, -0.2) is 0 Å². The fraction of sp³-hybridized carbons (Fsp3) is 0.652. The van der Waals surface area contributed by atoms with Crippen LogP contribution in [0.3, 0.4) is 0 Å². The molecule has 1 heterocycles. The van der Waals surface area contributed by atoms with Crippen LogP contribution >= 0.6 is 0 Å². The smallest absolute Gasteiger partial charge is 0.254 e. The Morgan fingerprint density at radius 3 is 2.48 bits per heavy atom. The van der Waals surface area contributed by atoms with Crippen molar-refractivity contribution in [3.8, 4) is 0 Å². The zero-order chi connectivity index (χ0) is 19.0. The van der Waals surface area contributed by atoms with Crippen LogP contribution in [0.25, 0.3) is 0 Å². The van der Waals surface area contributed by atoms with Crippen molar-refractivity contribution in [3.05, 3.63) is 35.4 Å². The molecule has 0 saturated heterocycles. The van der Waals surface area contributed by atoms with Crippen LogP contribution in [0.5, 0.6) is 0 Å². The summed E-state index contributed by atoms with van der Waals surface area (Å²) < 4.78 is 0. The lowest BCUT2D eigenvalue weighted by atomic mass is 9.70. The Bertz CT molecular complexity index is 715. The lowest BCUT2D eigenvalue weighted by Gasteiger charge is -2.52. The molecule has 1 spiro atoms. The van der Waals surface area contributed by atoms with E-state index in [1.54, 1.807) is 0 Å². The Balaban J connectivity index is 1.81. The Hall–Kier alpha value is -1.84. The van der Waals surface area contributed by atoms with Gasteiger partial charge in [-0.15, -0.1) is 0 Å². The van der Waals surface area contributed by atoms with Crippen molar-refractivity contribution in [2.24, 2.45) is 5.92 Å². The largest absolute Gasteiger partial charge is 0.355 e. The van der Waals surface area contributed by atoms with Gasteiger partial charge in [0.15, 0.2) is 0 Å². The van der Waals surface area contributed by atoms with Gasteiger partial charge >= 0.3 is 0 Å². The maximum Gasteiger partial charge on any atom is 0.254 e. The first kappa shape index (κ1) is 18.5. The maximum atomic E-state index is 13.6. The molecule has 0 radical (unpaired) electrons. The Kier molecular flexibility index (Phi) is 5.00. The predicted octanol–water partition coefficient (Wildman–Crippen LogP) is 4.25. The van der Waals surface area contributed by atoms with Crippen LogP contribution in [0, 0.1) is 5.92 Å². The van der Waals surface area contributed by atoms with E-state index in [-0.39, 0.29) is 23.3 Å². The fourth-order valence-corrected chi connectivity index (χ4v) is 5.70. The van der Waals surface area contributed by atoms with Crippen LogP contribution in [-0.4, -0.2) is 34.8 Å². The first-order valence-corrected chi connectivity index (χ1v) is 10.7. The van der Waals surface area contributed by atoms with E-state index in [0.717, 1.165) is 49.7 Å². The monoisotopic (exact) mass is 368 g/mol. The number of nitrogens with zero attached hydrogens (tertiary/aromatic N) is 1. The molecule has 1 aromatic rings. The van der Waals surface area contributed by atoms with Crippen molar-refractivity contribution in [2.45, 2.75) is 82.7 Å². The zero-order valence-electron chi connectivity index (χ0n) is 16.7. The van der Waals surface area contributed by atoms with Gasteiger partial charge in [0.1, 0.15) is 0 Å². The summed E-state index contributed by atoms with van der Waals surface area (Å²) in [6.07, 6.45) is 8.64. The summed E-state index contributed by atoms with van der Waals surface area (Å²) in [5.41, 5.74) is 1.35.